The number of aryl methyl sites for hydroxylation is 2. The molecule has 2 aromatic heterocycles. The minimum Gasteiger partial charge on any atom is -0.444 e. The van der Waals surface area contributed by atoms with Crippen LogP contribution in [0.3, 0.4) is 0 Å². The molecule has 238 valence electrons. The Morgan fingerprint density at radius 3 is 2.40 bits per heavy atom. The number of halogens is 1. The quantitative estimate of drug-likeness (QED) is 0.181. The molecular weight excluding hydrogens is 612 g/mol. The average Bonchev–Trinajstić information content (AvgIpc) is 2.97. The molecule has 1 amide bonds. The number of ether oxygens (including phenoxy) is 1. The van der Waals surface area contributed by atoms with Gasteiger partial charge in [-0.15, -0.1) is 0 Å². The highest BCUT2D eigenvalue weighted by Gasteiger charge is 2.25. The summed E-state index contributed by atoms with van der Waals surface area (Å²) in [5.74, 6) is 0.798. The maximum absolute atomic E-state index is 13.0. The fourth-order valence-electron chi connectivity index (χ4n) is 5.51. The molecule has 0 unspecified atom stereocenters. The molecule has 1 aliphatic rings. The van der Waals surface area contributed by atoms with Crippen molar-refractivity contribution in [3.8, 4) is 11.1 Å². The number of rotatable bonds is 8. The molecule has 3 N–H and O–H groups in total. The number of nitrogens with one attached hydrogen (secondary N) is 3. The van der Waals surface area contributed by atoms with Crippen LogP contribution in [0.25, 0.3) is 22.0 Å². The molecule has 1 saturated carbocycles. The number of carbonyl (C=O) groups is 1. The Balaban J connectivity index is 1.28. The molecule has 0 spiro atoms. The van der Waals surface area contributed by atoms with Crippen LogP contribution >= 0.6 is 11.6 Å². The largest absolute Gasteiger partial charge is 0.444 e. The monoisotopic (exact) mass is 650 g/mol. The van der Waals surface area contributed by atoms with Crippen LogP contribution in [0.1, 0.15) is 64.6 Å². The molecule has 10 nitrogen and oxygen atoms in total. The second-order valence-electron chi connectivity index (χ2n) is 12.3. The predicted octanol–water partition coefficient (Wildman–Crippen LogP) is 7.26. The lowest BCUT2D eigenvalue weighted by Gasteiger charge is -2.30. The summed E-state index contributed by atoms with van der Waals surface area (Å²) in [6.07, 6.45) is 5.51. The van der Waals surface area contributed by atoms with Gasteiger partial charge >= 0.3 is 6.09 Å². The van der Waals surface area contributed by atoms with Gasteiger partial charge in [0.05, 0.1) is 16.2 Å². The Morgan fingerprint density at radius 2 is 1.71 bits per heavy atom. The number of alkyl carbamates (subject to hydrolysis) is 1. The SMILES string of the molecule is CCc1nc(NS(=O)(=O)c2ccccc2Cl)ccc1-c1cc2cnc(NC3CCC(NC(=O)OC(C)(C)C)CC3)nc2cc1C. The third-order valence-electron chi connectivity index (χ3n) is 7.67. The van der Waals surface area contributed by atoms with Gasteiger partial charge < -0.3 is 15.4 Å². The smallest absolute Gasteiger partial charge is 0.407 e. The first-order valence-electron chi connectivity index (χ1n) is 15.1. The zero-order chi connectivity index (χ0) is 32.4. The van der Waals surface area contributed by atoms with E-state index in [2.05, 4.69) is 25.3 Å². The number of pyridine rings is 1. The van der Waals surface area contributed by atoms with Crippen molar-refractivity contribution in [2.45, 2.75) is 89.3 Å². The first kappa shape index (κ1) is 32.4. The van der Waals surface area contributed by atoms with Crippen LogP contribution in [0.2, 0.25) is 5.02 Å². The summed E-state index contributed by atoms with van der Waals surface area (Å²) in [7, 11) is -3.90. The molecule has 0 atom stereocenters. The first-order valence-corrected chi connectivity index (χ1v) is 17.0. The molecule has 0 bridgehead atoms. The number of benzene rings is 2. The standard InChI is InChI=1S/C33H39ClN6O4S/c1-6-27-24(15-16-30(38-27)40-45(42,43)29-10-8-7-9-26(29)34)25-18-21-19-35-31(39-28(21)17-20(25)2)36-22-11-13-23(14-12-22)37-32(41)44-33(3,4)5/h7-10,15-19,22-23H,6,11-14H2,1-5H3,(H,37,41)(H,38,40)(H,35,36,39). The molecular formula is C33H39ClN6O4S. The van der Waals surface area contributed by atoms with Crippen LogP contribution in [0, 0.1) is 6.92 Å². The summed E-state index contributed by atoms with van der Waals surface area (Å²) < 4.78 is 33.8. The van der Waals surface area contributed by atoms with Crippen molar-refractivity contribution >= 4 is 50.4 Å². The Labute approximate surface area is 269 Å². The number of nitrogens with zero attached hydrogens (tertiary/aromatic N) is 3. The zero-order valence-corrected chi connectivity index (χ0v) is 27.7. The summed E-state index contributed by atoms with van der Waals surface area (Å²) in [5, 5.41) is 7.48. The average molecular weight is 651 g/mol. The van der Waals surface area contributed by atoms with Gasteiger partial charge in [0, 0.05) is 29.2 Å². The van der Waals surface area contributed by atoms with E-state index in [4.69, 9.17) is 21.3 Å². The van der Waals surface area contributed by atoms with E-state index in [1.165, 1.54) is 12.1 Å². The van der Waals surface area contributed by atoms with E-state index in [-0.39, 0.29) is 33.9 Å². The van der Waals surface area contributed by atoms with E-state index in [0.717, 1.165) is 59.0 Å². The van der Waals surface area contributed by atoms with E-state index in [0.29, 0.717) is 12.4 Å². The Bertz CT molecular complexity index is 1820. The van der Waals surface area contributed by atoms with Gasteiger partial charge in [0.2, 0.25) is 5.95 Å². The number of sulfonamides is 1. The fraction of sp³-hybridized carbons (Fsp3) is 0.394. The van der Waals surface area contributed by atoms with Crippen molar-refractivity contribution in [2.75, 3.05) is 10.0 Å². The molecule has 45 heavy (non-hydrogen) atoms. The number of amides is 1. The normalized spacial score (nSPS) is 17.1. The molecule has 0 saturated heterocycles. The summed E-state index contributed by atoms with van der Waals surface area (Å²) in [6, 6.07) is 14.2. The van der Waals surface area contributed by atoms with Gasteiger partial charge in [-0.05, 0) is 107 Å². The van der Waals surface area contributed by atoms with Crippen LogP contribution in [0.5, 0.6) is 0 Å². The van der Waals surface area contributed by atoms with Crippen molar-refractivity contribution in [1.29, 1.82) is 0 Å². The fourth-order valence-corrected chi connectivity index (χ4v) is 7.03. The maximum atomic E-state index is 13.0. The van der Waals surface area contributed by atoms with Crippen molar-refractivity contribution in [3.05, 3.63) is 71.0 Å². The third-order valence-corrected chi connectivity index (χ3v) is 9.53. The molecule has 2 heterocycles. The highest BCUT2D eigenvalue weighted by Crippen LogP contribution is 2.32. The van der Waals surface area contributed by atoms with E-state index in [1.807, 2.05) is 59.0 Å². The van der Waals surface area contributed by atoms with Gasteiger partial charge in [-0.25, -0.2) is 28.2 Å². The number of aromatic nitrogens is 3. The lowest BCUT2D eigenvalue weighted by atomic mass is 9.91. The number of hydrogen-bond acceptors (Lipinski definition) is 8. The summed E-state index contributed by atoms with van der Waals surface area (Å²) in [4.78, 5) is 26.1. The van der Waals surface area contributed by atoms with Crippen LogP contribution in [-0.2, 0) is 21.2 Å². The molecule has 1 fully saturated rings. The molecule has 1 aliphatic carbocycles. The molecule has 12 heteroatoms. The second kappa shape index (κ2) is 13.2. The second-order valence-corrected chi connectivity index (χ2v) is 14.4. The molecule has 2 aromatic carbocycles. The van der Waals surface area contributed by atoms with Crippen LogP contribution in [0.4, 0.5) is 16.6 Å². The minimum atomic E-state index is -3.90. The van der Waals surface area contributed by atoms with Gasteiger partial charge in [0.25, 0.3) is 10.0 Å². The number of fused-ring (bicyclic) bond motifs is 1. The molecule has 4 aromatic rings. The lowest BCUT2D eigenvalue weighted by molar-refractivity contribution is 0.0492. The molecule has 0 aliphatic heterocycles. The highest BCUT2D eigenvalue weighted by molar-refractivity contribution is 7.92. The molecule has 0 radical (unpaired) electrons. The van der Waals surface area contributed by atoms with Crippen LogP contribution < -0.4 is 15.4 Å². The van der Waals surface area contributed by atoms with Gasteiger partial charge in [0.1, 0.15) is 16.3 Å². The molecule has 5 rings (SSSR count). The van der Waals surface area contributed by atoms with Gasteiger partial charge in [-0.3, -0.25) is 4.72 Å². The number of carbonyl (C=O) groups excluding carboxylic acids is 1. The summed E-state index contributed by atoms with van der Waals surface area (Å²) >= 11 is 6.13. The highest BCUT2D eigenvalue weighted by atomic mass is 35.5. The van der Waals surface area contributed by atoms with Gasteiger partial charge in [-0.2, -0.15) is 0 Å². The Morgan fingerprint density at radius 1 is 1.00 bits per heavy atom. The Hall–Kier alpha value is -3.96. The van der Waals surface area contributed by atoms with Gasteiger partial charge in [0.15, 0.2) is 0 Å². The first-order chi connectivity index (χ1) is 21.3. The third kappa shape index (κ3) is 8.01. The predicted molar refractivity (Wildman–Crippen MR) is 178 cm³/mol. The summed E-state index contributed by atoms with van der Waals surface area (Å²) in [5.41, 5.74) is 3.97. The van der Waals surface area contributed by atoms with Gasteiger partial charge in [-0.1, -0.05) is 30.7 Å². The topological polar surface area (TPSA) is 135 Å². The van der Waals surface area contributed by atoms with Crippen LogP contribution in [-0.4, -0.2) is 47.1 Å². The maximum Gasteiger partial charge on any atom is 0.407 e. The van der Waals surface area contributed by atoms with Crippen molar-refractivity contribution in [3.63, 3.8) is 0 Å². The lowest BCUT2D eigenvalue weighted by Crippen LogP contribution is -2.42. The van der Waals surface area contributed by atoms with E-state index in [1.54, 1.807) is 18.2 Å². The van der Waals surface area contributed by atoms with E-state index in [9.17, 15) is 13.2 Å². The number of anilines is 2. The van der Waals surface area contributed by atoms with Crippen molar-refractivity contribution in [1.82, 2.24) is 20.3 Å². The van der Waals surface area contributed by atoms with Crippen molar-refractivity contribution < 1.29 is 17.9 Å². The van der Waals surface area contributed by atoms with E-state index >= 15 is 0 Å². The minimum absolute atomic E-state index is 0.00212. The zero-order valence-electron chi connectivity index (χ0n) is 26.1. The van der Waals surface area contributed by atoms with E-state index < -0.39 is 15.6 Å². The number of hydrogen-bond donors (Lipinski definition) is 3. The van der Waals surface area contributed by atoms with Crippen LogP contribution in [0.15, 0.2) is 59.6 Å². The Kier molecular flexibility index (Phi) is 9.50. The summed E-state index contributed by atoms with van der Waals surface area (Å²) in [6.45, 7) is 9.58. The van der Waals surface area contributed by atoms with Crippen molar-refractivity contribution in [2.24, 2.45) is 0 Å².